The molecule has 4 rings (SSSR count). The van der Waals surface area contributed by atoms with E-state index >= 15 is 0 Å². The standard InChI is InChI=1S/C23H23F3N4O2/c1-15-5-6-17(24)19(11-15)28-23(31)20-14-32-21(27-20)13-30-9-7-29(8-10-30)12-16-3-2-4-18(25)22(16)26/h2-6,11,14H,7-10,12-13H2,1H3,(H,28,31). The van der Waals surface area contributed by atoms with Crippen LogP contribution in [-0.4, -0.2) is 46.9 Å². The van der Waals surface area contributed by atoms with Crippen LogP contribution in [0.4, 0.5) is 18.9 Å². The van der Waals surface area contributed by atoms with Crippen LogP contribution in [0.2, 0.25) is 0 Å². The first kappa shape index (κ1) is 22.0. The van der Waals surface area contributed by atoms with Gasteiger partial charge >= 0.3 is 0 Å². The molecule has 6 nitrogen and oxygen atoms in total. The van der Waals surface area contributed by atoms with E-state index in [4.69, 9.17) is 4.42 Å². The molecule has 1 amide bonds. The number of amides is 1. The highest BCUT2D eigenvalue weighted by molar-refractivity contribution is 6.02. The number of aromatic nitrogens is 1. The van der Waals surface area contributed by atoms with E-state index in [1.807, 2.05) is 0 Å². The van der Waals surface area contributed by atoms with Gasteiger partial charge < -0.3 is 9.73 Å². The Bertz CT molecular complexity index is 1110. The van der Waals surface area contributed by atoms with Crippen LogP contribution < -0.4 is 5.32 Å². The fraction of sp³-hybridized carbons (Fsp3) is 0.304. The van der Waals surface area contributed by atoms with Gasteiger partial charge in [-0.1, -0.05) is 18.2 Å². The van der Waals surface area contributed by atoms with Gasteiger partial charge in [0.1, 0.15) is 12.1 Å². The maximum atomic E-state index is 13.9. The number of halogens is 3. The van der Waals surface area contributed by atoms with Crippen LogP contribution in [0.25, 0.3) is 0 Å². The van der Waals surface area contributed by atoms with E-state index in [2.05, 4.69) is 20.1 Å². The second-order valence-corrected chi connectivity index (χ2v) is 7.83. The summed E-state index contributed by atoms with van der Waals surface area (Å²) in [5, 5.41) is 2.51. The number of piperazine rings is 1. The second kappa shape index (κ2) is 9.54. The molecule has 0 aliphatic carbocycles. The number of nitrogens with zero attached hydrogens (tertiary/aromatic N) is 3. The number of hydrogen-bond donors (Lipinski definition) is 1. The quantitative estimate of drug-likeness (QED) is 0.624. The van der Waals surface area contributed by atoms with Crippen molar-refractivity contribution >= 4 is 11.6 Å². The SMILES string of the molecule is Cc1ccc(F)c(NC(=O)c2coc(CN3CCN(Cc4cccc(F)c4F)CC3)n2)c1. The van der Waals surface area contributed by atoms with Crippen molar-refractivity contribution in [2.45, 2.75) is 20.0 Å². The lowest BCUT2D eigenvalue weighted by atomic mass is 10.1. The van der Waals surface area contributed by atoms with Crippen molar-refractivity contribution in [1.82, 2.24) is 14.8 Å². The Balaban J connectivity index is 1.29. The van der Waals surface area contributed by atoms with Gasteiger partial charge in [0, 0.05) is 38.3 Å². The van der Waals surface area contributed by atoms with E-state index in [9.17, 15) is 18.0 Å². The minimum atomic E-state index is -0.838. The summed E-state index contributed by atoms with van der Waals surface area (Å²) in [4.78, 5) is 20.7. The van der Waals surface area contributed by atoms with Gasteiger partial charge in [-0.15, -0.1) is 0 Å². The van der Waals surface area contributed by atoms with E-state index < -0.39 is 23.4 Å². The summed E-state index contributed by atoms with van der Waals surface area (Å²) in [5.74, 6) is -2.33. The molecule has 1 fully saturated rings. The number of rotatable bonds is 6. The molecule has 1 aromatic heterocycles. The summed E-state index contributed by atoms with van der Waals surface area (Å²) < 4.78 is 46.6. The molecule has 1 aliphatic rings. The number of nitrogens with one attached hydrogen (secondary N) is 1. The zero-order chi connectivity index (χ0) is 22.7. The number of anilines is 1. The molecule has 32 heavy (non-hydrogen) atoms. The number of aryl methyl sites for hydroxylation is 1. The lowest BCUT2D eigenvalue weighted by Crippen LogP contribution is -2.45. The summed E-state index contributed by atoms with van der Waals surface area (Å²) in [6.07, 6.45) is 1.25. The molecule has 1 saturated heterocycles. The lowest BCUT2D eigenvalue weighted by Gasteiger charge is -2.34. The van der Waals surface area contributed by atoms with Crippen LogP contribution in [0, 0.1) is 24.4 Å². The molecule has 0 bridgehead atoms. The maximum absolute atomic E-state index is 13.9. The largest absolute Gasteiger partial charge is 0.447 e. The van der Waals surface area contributed by atoms with Crippen molar-refractivity contribution in [3.63, 3.8) is 0 Å². The van der Waals surface area contributed by atoms with Crippen molar-refractivity contribution < 1.29 is 22.4 Å². The smallest absolute Gasteiger partial charge is 0.277 e. The van der Waals surface area contributed by atoms with E-state index in [0.717, 1.165) is 11.6 Å². The molecular formula is C23H23F3N4O2. The summed E-state index contributed by atoms with van der Waals surface area (Å²) in [5.41, 5.74) is 1.32. The van der Waals surface area contributed by atoms with Crippen LogP contribution in [0.5, 0.6) is 0 Å². The van der Waals surface area contributed by atoms with Crippen molar-refractivity contribution in [3.05, 3.63) is 82.8 Å². The topological polar surface area (TPSA) is 61.6 Å². The molecule has 0 atom stereocenters. The van der Waals surface area contributed by atoms with Crippen molar-refractivity contribution in [2.75, 3.05) is 31.5 Å². The van der Waals surface area contributed by atoms with Crippen LogP contribution in [0.1, 0.15) is 27.5 Å². The first-order chi connectivity index (χ1) is 15.4. The Morgan fingerprint density at radius 1 is 1.03 bits per heavy atom. The van der Waals surface area contributed by atoms with Gasteiger partial charge in [0.2, 0.25) is 5.89 Å². The number of benzene rings is 2. The lowest BCUT2D eigenvalue weighted by molar-refractivity contribution is 0.102. The van der Waals surface area contributed by atoms with Gasteiger partial charge in [-0.25, -0.2) is 18.2 Å². The molecule has 1 N–H and O–H groups in total. The Hall–Kier alpha value is -3.17. The minimum Gasteiger partial charge on any atom is -0.447 e. The highest BCUT2D eigenvalue weighted by Crippen LogP contribution is 2.18. The van der Waals surface area contributed by atoms with E-state index in [1.54, 1.807) is 25.1 Å². The highest BCUT2D eigenvalue weighted by Gasteiger charge is 2.21. The third-order valence-electron chi connectivity index (χ3n) is 5.40. The summed E-state index contributed by atoms with van der Waals surface area (Å²) in [6, 6.07) is 8.66. The van der Waals surface area contributed by atoms with Crippen LogP contribution in [-0.2, 0) is 13.1 Å². The predicted octanol–water partition coefficient (Wildman–Crippen LogP) is 3.97. The van der Waals surface area contributed by atoms with Crippen LogP contribution in [0.3, 0.4) is 0 Å². The molecule has 0 radical (unpaired) electrons. The number of carbonyl (C=O) groups excluding carboxylic acids is 1. The molecule has 168 valence electrons. The number of oxazole rings is 1. The zero-order valence-corrected chi connectivity index (χ0v) is 17.6. The normalized spacial score (nSPS) is 15.1. The second-order valence-electron chi connectivity index (χ2n) is 7.83. The Labute approximate surface area is 183 Å². The van der Waals surface area contributed by atoms with Crippen molar-refractivity contribution in [1.29, 1.82) is 0 Å². The molecule has 0 unspecified atom stereocenters. The predicted molar refractivity (Wildman–Crippen MR) is 113 cm³/mol. The Morgan fingerprint density at radius 3 is 2.50 bits per heavy atom. The first-order valence-corrected chi connectivity index (χ1v) is 10.3. The molecule has 2 aromatic carbocycles. The summed E-state index contributed by atoms with van der Waals surface area (Å²) >= 11 is 0. The van der Waals surface area contributed by atoms with Crippen LogP contribution >= 0.6 is 0 Å². The number of carbonyl (C=O) groups is 1. The molecular weight excluding hydrogens is 421 g/mol. The Morgan fingerprint density at radius 2 is 1.75 bits per heavy atom. The fourth-order valence-electron chi connectivity index (χ4n) is 3.62. The zero-order valence-electron chi connectivity index (χ0n) is 17.6. The van der Waals surface area contributed by atoms with E-state index in [1.165, 1.54) is 18.4 Å². The van der Waals surface area contributed by atoms with E-state index in [0.29, 0.717) is 50.7 Å². The van der Waals surface area contributed by atoms with Crippen molar-refractivity contribution in [2.24, 2.45) is 0 Å². The van der Waals surface area contributed by atoms with Gasteiger partial charge in [0.25, 0.3) is 5.91 Å². The molecule has 2 heterocycles. The summed E-state index contributed by atoms with van der Waals surface area (Å²) in [6.45, 7) is 5.29. The molecule has 3 aromatic rings. The fourth-order valence-corrected chi connectivity index (χ4v) is 3.62. The van der Waals surface area contributed by atoms with Gasteiger partial charge in [-0.2, -0.15) is 0 Å². The Kier molecular flexibility index (Phi) is 6.57. The monoisotopic (exact) mass is 444 g/mol. The third-order valence-corrected chi connectivity index (χ3v) is 5.40. The number of hydrogen-bond acceptors (Lipinski definition) is 5. The third kappa shape index (κ3) is 5.17. The van der Waals surface area contributed by atoms with Gasteiger partial charge in [-0.05, 0) is 30.7 Å². The summed E-state index contributed by atoms with van der Waals surface area (Å²) in [7, 11) is 0. The van der Waals surface area contributed by atoms with Crippen LogP contribution in [0.15, 0.2) is 47.1 Å². The van der Waals surface area contributed by atoms with Crippen molar-refractivity contribution in [3.8, 4) is 0 Å². The minimum absolute atomic E-state index is 0.0705. The maximum Gasteiger partial charge on any atom is 0.277 e. The van der Waals surface area contributed by atoms with Gasteiger partial charge in [0.15, 0.2) is 17.3 Å². The molecule has 9 heteroatoms. The van der Waals surface area contributed by atoms with Gasteiger partial charge in [-0.3, -0.25) is 14.6 Å². The van der Waals surface area contributed by atoms with Gasteiger partial charge in [0.05, 0.1) is 12.2 Å². The highest BCUT2D eigenvalue weighted by atomic mass is 19.2. The van der Waals surface area contributed by atoms with E-state index in [-0.39, 0.29) is 11.4 Å². The molecule has 0 saturated carbocycles. The molecule has 0 spiro atoms. The molecule has 1 aliphatic heterocycles. The average Bonchev–Trinajstić information content (AvgIpc) is 3.24. The first-order valence-electron chi connectivity index (χ1n) is 10.3. The average molecular weight is 444 g/mol.